The molecule has 2 heterocycles. The lowest BCUT2D eigenvalue weighted by Gasteiger charge is -2.08. The molecule has 23 heavy (non-hydrogen) atoms. The fourth-order valence-corrected chi connectivity index (χ4v) is 3.39. The quantitative estimate of drug-likeness (QED) is 0.702. The van der Waals surface area contributed by atoms with E-state index in [1.54, 1.807) is 13.8 Å². The van der Waals surface area contributed by atoms with Gasteiger partial charge in [0.1, 0.15) is 5.69 Å². The van der Waals surface area contributed by atoms with Gasteiger partial charge in [-0.1, -0.05) is 35.2 Å². The van der Waals surface area contributed by atoms with Crippen LogP contribution in [0.15, 0.2) is 34.2 Å². The maximum Gasteiger partial charge on any atom is 0.273 e. The molecule has 7 nitrogen and oxygen atoms in total. The number of thiazole rings is 1. The average Bonchev–Trinajstić information content (AvgIpc) is 2.93. The Balaban J connectivity index is 1.69. The number of hydrogen-bond donors (Lipinski definition) is 2. The molecule has 0 aliphatic carbocycles. The average molecular weight is 347 g/mol. The van der Waals surface area contributed by atoms with E-state index in [0.29, 0.717) is 16.0 Å². The first-order valence-electron chi connectivity index (χ1n) is 6.79. The summed E-state index contributed by atoms with van der Waals surface area (Å²) in [6.45, 7) is 3.30. The number of nitrogens with one attached hydrogen (secondary N) is 2. The van der Waals surface area contributed by atoms with Crippen LogP contribution in [0.25, 0.3) is 10.2 Å². The van der Waals surface area contributed by atoms with Gasteiger partial charge in [0.25, 0.3) is 5.56 Å². The van der Waals surface area contributed by atoms with Crippen LogP contribution >= 0.6 is 23.1 Å². The third-order valence-corrected chi connectivity index (χ3v) is 4.95. The molecular weight excluding hydrogens is 334 g/mol. The molecule has 0 bridgehead atoms. The van der Waals surface area contributed by atoms with Crippen molar-refractivity contribution < 1.29 is 4.79 Å². The number of nitrogens with zero attached hydrogens (tertiary/aromatic N) is 3. The fraction of sp³-hybridized carbons (Fsp3) is 0.214. The molecule has 0 radical (unpaired) electrons. The molecule has 0 saturated heterocycles. The van der Waals surface area contributed by atoms with Crippen molar-refractivity contribution in [3.05, 3.63) is 40.3 Å². The van der Waals surface area contributed by atoms with E-state index in [-0.39, 0.29) is 11.5 Å². The number of anilines is 1. The third kappa shape index (κ3) is 3.57. The van der Waals surface area contributed by atoms with E-state index in [0.717, 1.165) is 22.0 Å². The molecule has 1 amide bonds. The zero-order chi connectivity index (χ0) is 16.4. The largest absolute Gasteiger partial charge is 0.301 e. The Kier molecular flexibility index (Phi) is 4.39. The number of amides is 1. The minimum absolute atomic E-state index is 0.211. The number of carbonyl (C=O) groups excluding carboxylic acids is 1. The molecule has 0 saturated carbocycles. The second kappa shape index (κ2) is 6.47. The smallest absolute Gasteiger partial charge is 0.273 e. The van der Waals surface area contributed by atoms with Crippen molar-refractivity contribution in [2.75, 3.05) is 5.32 Å². The Hall–Kier alpha value is -2.26. The standard InChI is InChI=1S/C14H13N5O2S2/c1-7-11(20)16-14(19-18-7)22-8(2)12(21)17-13-15-9-5-3-4-6-10(9)23-13/h3-6,8H,1-2H3,(H,15,17,21)(H,16,19,20). The molecule has 2 N–H and O–H groups in total. The molecule has 0 fully saturated rings. The second-order valence-electron chi connectivity index (χ2n) is 4.78. The summed E-state index contributed by atoms with van der Waals surface area (Å²) in [6, 6.07) is 7.68. The number of benzene rings is 1. The molecule has 2 aromatic heterocycles. The monoisotopic (exact) mass is 347 g/mol. The van der Waals surface area contributed by atoms with Crippen molar-refractivity contribution in [3.63, 3.8) is 0 Å². The summed E-state index contributed by atoms with van der Waals surface area (Å²) in [5.41, 5.74) is 0.837. The van der Waals surface area contributed by atoms with Crippen LogP contribution in [0, 0.1) is 6.92 Å². The van der Waals surface area contributed by atoms with E-state index in [4.69, 9.17) is 0 Å². The Morgan fingerprint density at radius 1 is 1.35 bits per heavy atom. The SMILES string of the molecule is Cc1nnc(SC(C)C(=O)Nc2nc3ccccc3s2)[nH]c1=O. The number of rotatable bonds is 4. The highest BCUT2D eigenvalue weighted by atomic mass is 32.2. The van der Waals surface area contributed by atoms with Crippen molar-refractivity contribution in [2.24, 2.45) is 0 Å². The Morgan fingerprint density at radius 2 is 2.13 bits per heavy atom. The first-order chi connectivity index (χ1) is 11.0. The second-order valence-corrected chi connectivity index (χ2v) is 7.14. The van der Waals surface area contributed by atoms with Gasteiger partial charge >= 0.3 is 0 Å². The third-order valence-electron chi connectivity index (χ3n) is 3.02. The molecule has 3 aromatic rings. The summed E-state index contributed by atoms with van der Waals surface area (Å²) < 4.78 is 1.01. The van der Waals surface area contributed by atoms with Gasteiger partial charge in [-0.05, 0) is 26.0 Å². The number of H-pyrrole nitrogens is 1. The maximum atomic E-state index is 12.2. The molecule has 0 aliphatic heterocycles. The molecule has 0 spiro atoms. The summed E-state index contributed by atoms with van der Waals surface area (Å²) in [5.74, 6) is -0.211. The van der Waals surface area contributed by atoms with Gasteiger partial charge in [0.2, 0.25) is 5.91 Å². The van der Waals surface area contributed by atoms with Gasteiger partial charge < -0.3 is 5.32 Å². The molecule has 1 atom stereocenters. The minimum atomic E-state index is -0.449. The van der Waals surface area contributed by atoms with E-state index >= 15 is 0 Å². The van der Waals surface area contributed by atoms with E-state index in [9.17, 15) is 9.59 Å². The number of aryl methyl sites for hydroxylation is 1. The molecule has 9 heteroatoms. The minimum Gasteiger partial charge on any atom is -0.301 e. The predicted octanol–water partition coefficient (Wildman–Crippen LogP) is 2.20. The van der Waals surface area contributed by atoms with Crippen LogP contribution in [0.4, 0.5) is 5.13 Å². The summed E-state index contributed by atoms with van der Waals surface area (Å²) in [5, 5.41) is 10.8. The highest BCUT2D eigenvalue weighted by molar-refractivity contribution is 8.00. The number of fused-ring (bicyclic) bond motifs is 1. The van der Waals surface area contributed by atoms with Crippen LogP contribution in [-0.4, -0.2) is 31.3 Å². The van der Waals surface area contributed by atoms with Crippen molar-refractivity contribution >= 4 is 44.4 Å². The van der Waals surface area contributed by atoms with Crippen molar-refractivity contribution in [1.82, 2.24) is 20.2 Å². The van der Waals surface area contributed by atoms with E-state index in [1.807, 2.05) is 24.3 Å². The Bertz CT molecular complexity index is 888. The Morgan fingerprint density at radius 3 is 2.87 bits per heavy atom. The number of aromatic nitrogens is 4. The topological polar surface area (TPSA) is 101 Å². The number of thioether (sulfide) groups is 1. The van der Waals surface area contributed by atoms with E-state index < -0.39 is 5.25 Å². The lowest BCUT2D eigenvalue weighted by Crippen LogP contribution is -2.23. The fourth-order valence-electron chi connectivity index (χ4n) is 1.79. The predicted molar refractivity (Wildman–Crippen MR) is 91.0 cm³/mol. The van der Waals surface area contributed by atoms with Gasteiger partial charge in [0.15, 0.2) is 10.3 Å². The maximum absolute atomic E-state index is 12.2. The van der Waals surface area contributed by atoms with Crippen LogP contribution < -0.4 is 10.9 Å². The zero-order valence-electron chi connectivity index (χ0n) is 12.4. The Labute approximate surface area is 139 Å². The number of hydrogen-bond acceptors (Lipinski definition) is 7. The zero-order valence-corrected chi connectivity index (χ0v) is 14.0. The molecule has 0 aliphatic rings. The van der Waals surface area contributed by atoms with Crippen molar-refractivity contribution in [1.29, 1.82) is 0 Å². The van der Waals surface area contributed by atoms with Gasteiger partial charge in [-0.3, -0.25) is 14.6 Å². The van der Waals surface area contributed by atoms with Crippen LogP contribution in [0.2, 0.25) is 0 Å². The number of carbonyl (C=O) groups is 1. The van der Waals surface area contributed by atoms with Crippen molar-refractivity contribution in [2.45, 2.75) is 24.3 Å². The van der Waals surface area contributed by atoms with Gasteiger partial charge in [-0.15, -0.1) is 10.2 Å². The van der Waals surface area contributed by atoms with E-state index in [2.05, 4.69) is 25.5 Å². The van der Waals surface area contributed by atoms with Crippen LogP contribution in [0.3, 0.4) is 0 Å². The van der Waals surface area contributed by atoms with Gasteiger partial charge in [0.05, 0.1) is 15.5 Å². The highest BCUT2D eigenvalue weighted by Crippen LogP contribution is 2.26. The first kappa shape index (κ1) is 15.6. The molecule has 118 valence electrons. The normalized spacial score (nSPS) is 12.3. The molecule has 1 unspecified atom stereocenters. The van der Waals surface area contributed by atoms with Gasteiger partial charge in [-0.25, -0.2) is 4.98 Å². The summed E-state index contributed by atoms with van der Waals surface area (Å²) in [4.78, 5) is 30.7. The molecular formula is C14H13N5O2S2. The van der Waals surface area contributed by atoms with E-state index in [1.165, 1.54) is 11.3 Å². The van der Waals surface area contributed by atoms with Crippen LogP contribution in [0.5, 0.6) is 0 Å². The van der Waals surface area contributed by atoms with Crippen LogP contribution in [0.1, 0.15) is 12.6 Å². The number of aromatic amines is 1. The highest BCUT2D eigenvalue weighted by Gasteiger charge is 2.18. The van der Waals surface area contributed by atoms with Crippen molar-refractivity contribution in [3.8, 4) is 0 Å². The van der Waals surface area contributed by atoms with Crippen LogP contribution in [-0.2, 0) is 4.79 Å². The van der Waals surface area contributed by atoms with Gasteiger partial charge in [-0.2, -0.15) is 0 Å². The first-order valence-corrected chi connectivity index (χ1v) is 8.49. The summed E-state index contributed by atoms with van der Waals surface area (Å²) in [7, 11) is 0. The molecule has 1 aromatic carbocycles. The molecule has 3 rings (SSSR count). The van der Waals surface area contributed by atoms with Gasteiger partial charge in [0, 0.05) is 0 Å². The lowest BCUT2D eigenvalue weighted by atomic mass is 10.3. The lowest BCUT2D eigenvalue weighted by molar-refractivity contribution is -0.115. The summed E-state index contributed by atoms with van der Waals surface area (Å²) >= 11 is 2.55. The number of para-hydroxylation sites is 1. The summed E-state index contributed by atoms with van der Waals surface area (Å²) in [6.07, 6.45) is 0.